The minimum atomic E-state index is 0.768. The summed E-state index contributed by atoms with van der Waals surface area (Å²) in [6.07, 6.45) is 7.71. The number of oxazole rings is 1. The van der Waals surface area contributed by atoms with Gasteiger partial charge in [0.1, 0.15) is 5.35 Å². The molecule has 0 amide bonds. The Kier molecular flexibility index (Phi) is 1.53. The molecule has 0 aliphatic heterocycles. The number of rotatable bonds is 0. The number of hydrogen-bond donors (Lipinski definition) is 0. The average Bonchev–Trinajstić information content (AvgIpc) is 2.17. The van der Waals surface area contributed by atoms with Crippen molar-refractivity contribution in [3.05, 3.63) is 16.7 Å². The minimum absolute atomic E-state index is 0.768. The summed E-state index contributed by atoms with van der Waals surface area (Å²) in [5.41, 5.74) is 0.958. The third-order valence-electron chi connectivity index (χ3n) is 1.86. The first kappa shape index (κ1) is 6.65. The van der Waals surface area contributed by atoms with Gasteiger partial charge in [-0.15, -0.1) is 0 Å². The first-order chi connectivity index (χ1) is 5.36. The van der Waals surface area contributed by atoms with Gasteiger partial charge in [0.05, 0.1) is 0 Å². The standard InChI is InChI=1S/C9H11NO/c1-7-10-8-5-3-2-4-6-9(8)11-7/h5-6H,2-4H2,1H3. The van der Waals surface area contributed by atoms with Crippen LogP contribution in [0, 0.1) is 6.92 Å². The molecule has 0 saturated carbocycles. The zero-order valence-electron chi connectivity index (χ0n) is 6.63. The molecule has 0 bridgehead atoms. The Morgan fingerprint density at radius 2 is 2.18 bits per heavy atom. The summed E-state index contributed by atoms with van der Waals surface area (Å²) >= 11 is 0. The Labute approximate surface area is 65.2 Å². The molecule has 11 heavy (non-hydrogen) atoms. The van der Waals surface area contributed by atoms with Crippen molar-refractivity contribution in [1.82, 2.24) is 4.98 Å². The maximum absolute atomic E-state index is 5.39. The molecular formula is C9H11NO. The molecule has 0 spiro atoms. The van der Waals surface area contributed by atoms with Crippen LogP contribution in [0.15, 0.2) is 4.42 Å². The van der Waals surface area contributed by atoms with Gasteiger partial charge in [0.2, 0.25) is 0 Å². The van der Waals surface area contributed by atoms with Crippen LogP contribution in [0.5, 0.6) is 0 Å². The van der Waals surface area contributed by atoms with Gasteiger partial charge in [0.15, 0.2) is 11.3 Å². The average molecular weight is 149 g/mol. The SMILES string of the molecule is Cc1nc2c(o1)=CCCCC=2. The van der Waals surface area contributed by atoms with Crippen molar-refractivity contribution in [1.29, 1.82) is 0 Å². The van der Waals surface area contributed by atoms with Crippen LogP contribution >= 0.6 is 0 Å². The van der Waals surface area contributed by atoms with E-state index in [2.05, 4.69) is 17.1 Å². The number of hydrogen-bond acceptors (Lipinski definition) is 2. The Bertz CT molecular complexity index is 328. The fourth-order valence-electron chi connectivity index (χ4n) is 1.34. The first-order valence-corrected chi connectivity index (χ1v) is 4.00. The monoisotopic (exact) mass is 149 g/mol. The molecule has 2 heteroatoms. The molecule has 0 radical (unpaired) electrons. The normalized spacial score (nSPS) is 16.1. The summed E-state index contributed by atoms with van der Waals surface area (Å²) in [5, 5.41) is 1.03. The summed E-state index contributed by atoms with van der Waals surface area (Å²) < 4.78 is 5.39. The second-order valence-corrected chi connectivity index (χ2v) is 2.82. The molecule has 0 atom stereocenters. The highest BCUT2D eigenvalue weighted by Gasteiger charge is 1.98. The molecule has 1 aromatic heterocycles. The van der Waals surface area contributed by atoms with Crippen LogP contribution in [-0.4, -0.2) is 4.98 Å². The maximum Gasteiger partial charge on any atom is 0.192 e. The van der Waals surface area contributed by atoms with E-state index in [0.29, 0.717) is 0 Å². The molecule has 58 valence electrons. The van der Waals surface area contributed by atoms with Crippen LogP contribution in [0.2, 0.25) is 0 Å². The first-order valence-electron chi connectivity index (χ1n) is 4.00. The number of aromatic nitrogens is 1. The fraction of sp³-hybridized carbons (Fsp3) is 0.444. The molecule has 0 saturated heterocycles. The van der Waals surface area contributed by atoms with E-state index in [1.165, 1.54) is 6.42 Å². The maximum atomic E-state index is 5.39. The van der Waals surface area contributed by atoms with E-state index in [4.69, 9.17) is 4.42 Å². The van der Waals surface area contributed by atoms with Crippen LogP contribution in [0.25, 0.3) is 12.2 Å². The van der Waals surface area contributed by atoms with Crippen LogP contribution in [0.3, 0.4) is 0 Å². The van der Waals surface area contributed by atoms with Crippen LogP contribution < -0.4 is 10.8 Å². The van der Waals surface area contributed by atoms with E-state index in [0.717, 1.165) is 29.5 Å². The zero-order valence-corrected chi connectivity index (χ0v) is 6.63. The van der Waals surface area contributed by atoms with Gasteiger partial charge in [0, 0.05) is 6.92 Å². The van der Waals surface area contributed by atoms with E-state index in [1.54, 1.807) is 0 Å². The lowest BCUT2D eigenvalue weighted by molar-refractivity contribution is 0.491. The lowest BCUT2D eigenvalue weighted by Gasteiger charge is -1.83. The number of aryl methyl sites for hydroxylation is 1. The Morgan fingerprint density at radius 3 is 3.09 bits per heavy atom. The number of fused-ring (bicyclic) bond motifs is 1. The van der Waals surface area contributed by atoms with Gasteiger partial charge < -0.3 is 4.42 Å². The van der Waals surface area contributed by atoms with Gasteiger partial charge in [-0.3, -0.25) is 0 Å². The van der Waals surface area contributed by atoms with Gasteiger partial charge >= 0.3 is 0 Å². The van der Waals surface area contributed by atoms with Crippen LogP contribution in [0.4, 0.5) is 0 Å². The van der Waals surface area contributed by atoms with Crippen molar-refractivity contribution in [2.24, 2.45) is 0 Å². The Hall–Kier alpha value is -1.05. The zero-order chi connectivity index (χ0) is 7.68. The third kappa shape index (κ3) is 1.20. The summed E-state index contributed by atoms with van der Waals surface area (Å²) in [7, 11) is 0. The summed E-state index contributed by atoms with van der Waals surface area (Å²) in [4.78, 5) is 4.26. The van der Waals surface area contributed by atoms with Crippen molar-refractivity contribution in [3.63, 3.8) is 0 Å². The fourth-order valence-corrected chi connectivity index (χ4v) is 1.34. The van der Waals surface area contributed by atoms with Crippen LogP contribution in [0.1, 0.15) is 25.2 Å². The van der Waals surface area contributed by atoms with E-state index >= 15 is 0 Å². The van der Waals surface area contributed by atoms with Crippen LogP contribution in [-0.2, 0) is 0 Å². The highest BCUT2D eigenvalue weighted by atomic mass is 16.3. The van der Waals surface area contributed by atoms with E-state index < -0.39 is 0 Å². The second kappa shape index (κ2) is 2.53. The summed E-state index contributed by atoms with van der Waals surface area (Å²) in [6.45, 7) is 1.89. The van der Waals surface area contributed by atoms with Crippen molar-refractivity contribution in [3.8, 4) is 0 Å². The molecule has 1 aromatic rings. The van der Waals surface area contributed by atoms with Gasteiger partial charge in [-0.05, 0) is 25.3 Å². The predicted molar refractivity (Wildman–Crippen MR) is 43.3 cm³/mol. The highest BCUT2D eigenvalue weighted by Crippen LogP contribution is 1.99. The third-order valence-corrected chi connectivity index (χ3v) is 1.86. The lowest BCUT2D eigenvalue weighted by atomic mass is 10.2. The topological polar surface area (TPSA) is 26.0 Å². The molecule has 1 aliphatic rings. The van der Waals surface area contributed by atoms with Crippen molar-refractivity contribution in [2.75, 3.05) is 0 Å². The predicted octanol–water partition coefficient (Wildman–Crippen LogP) is 0.728. The summed E-state index contributed by atoms with van der Waals surface area (Å²) in [6, 6.07) is 0. The van der Waals surface area contributed by atoms with E-state index in [-0.39, 0.29) is 0 Å². The van der Waals surface area contributed by atoms with E-state index in [1.807, 2.05) is 6.92 Å². The molecule has 2 rings (SSSR count). The van der Waals surface area contributed by atoms with Gasteiger partial charge in [-0.2, -0.15) is 0 Å². The molecule has 1 aliphatic carbocycles. The van der Waals surface area contributed by atoms with E-state index in [9.17, 15) is 0 Å². The van der Waals surface area contributed by atoms with Gasteiger partial charge in [-0.25, -0.2) is 4.98 Å². The second-order valence-electron chi connectivity index (χ2n) is 2.82. The molecule has 0 aromatic carbocycles. The molecule has 0 unspecified atom stereocenters. The summed E-state index contributed by atoms with van der Waals surface area (Å²) in [5.74, 6) is 0.768. The minimum Gasteiger partial charge on any atom is -0.441 e. The molecule has 0 fully saturated rings. The quantitative estimate of drug-likeness (QED) is 0.543. The van der Waals surface area contributed by atoms with Gasteiger partial charge in [-0.1, -0.05) is 6.08 Å². The molecular weight excluding hydrogens is 138 g/mol. The molecule has 2 nitrogen and oxygen atoms in total. The van der Waals surface area contributed by atoms with Gasteiger partial charge in [0.25, 0.3) is 0 Å². The van der Waals surface area contributed by atoms with Crippen molar-refractivity contribution < 1.29 is 4.42 Å². The van der Waals surface area contributed by atoms with Crippen molar-refractivity contribution >= 4 is 12.2 Å². The lowest BCUT2D eigenvalue weighted by Crippen LogP contribution is -2.20. The Balaban J connectivity index is 2.71. The molecule has 0 N–H and O–H groups in total. The molecule has 1 heterocycles. The highest BCUT2D eigenvalue weighted by molar-refractivity contribution is 5.27. The number of nitrogens with zero attached hydrogens (tertiary/aromatic N) is 1. The smallest absolute Gasteiger partial charge is 0.192 e. The Morgan fingerprint density at radius 1 is 1.36 bits per heavy atom. The van der Waals surface area contributed by atoms with Crippen molar-refractivity contribution in [2.45, 2.75) is 26.2 Å². The largest absolute Gasteiger partial charge is 0.441 e.